The average Bonchev–Trinajstić information content (AvgIpc) is 3.31. The number of thiazole rings is 1. The summed E-state index contributed by atoms with van der Waals surface area (Å²) in [6.07, 6.45) is 2.62. The number of aromatic nitrogens is 1. The van der Waals surface area contributed by atoms with Gasteiger partial charge in [-0.3, -0.25) is 14.9 Å². The zero-order chi connectivity index (χ0) is 24.4. The molecule has 0 spiro atoms. The van der Waals surface area contributed by atoms with E-state index in [4.69, 9.17) is 21.3 Å². The van der Waals surface area contributed by atoms with Crippen LogP contribution in [0.1, 0.15) is 39.7 Å². The maximum atomic E-state index is 13.5. The third-order valence-corrected chi connectivity index (χ3v) is 7.89. The van der Waals surface area contributed by atoms with Gasteiger partial charge in [-0.15, -0.1) is 11.3 Å². The van der Waals surface area contributed by atoms with E-state index in [0.29, 0.717) is 28.8 Å². The van der Waals surface area contributed by atoms with Gasteiger partial charge in [-0.1, -0.05) is 17.7 Å². The number of piperazine rings is 1. The van der Waals surface area contributed by atoms with Crippen molar-refractivity contribution in [2.24, 2.45) is 0 Å². The number of methoxy groups -OCH3 is 1. The highest BCUT2D eigenvalue weighted by molar-refractivity contribution is 7.16. The van der Waals surface area contributed by atoms with Crippen LogP contribution in [0.15, 0.2) is 48.5 Å². The fraction of sp³-hybridized carbons (Fsp3) is 0.346. The van der Waals surface area contributed by atoms with Crippen LogP contribution in [-0.2, 0) is 11.2 Å². The molecule has 0 saturated carbocycles. The zero-order valence-electron chi connectivity index (χ0n) is 19.5. The van der Waals surface area contributed by atoms with Crippen LogP contribution in [0.5, 0.6) is 5.75 Å². The molecular weight excluding hydrogens is 484 g/mol. The summed E-state index contributed by atoms with van der Waals surface area (Å²) in [7, 11) is 1.67. The molecule has 0 bridgehead atoms. The molecule has 2 amide bonds. The number of anilines is 2. The Balaban J connectivity index is 1.24. The van der Waals surface area contributed by atoms with E-state index in [-0.39, 0.29) is 17.7 Å². The van der Waals surface area contributed by atoms with Crippen LogP contribution in [-0.4, -0.2) is 55.0 Å². The normalized spacial score (nSPS) is 17.6. The third kappa shape index (κ3) is 5.13. The van der Waals surface area contributed by atoms with Gasteiger partial charge in [0, 0.05) is 53.4 Å². The number of fused-ring (bicyclic) bond motifs is 1. The van der Waals surface area contributed by atoms with Crippen molar-refractivity contribution in [2.75, 3.05) is 43.5 Å². The number of carbonyl (C=O) groups excluding carboxylic acids is 2. The van der Waals surface area contributed by atoms with Crippen LogP contribution < -0.4 is 15.0 Å². The fourth-order valence-corrected chi connectivity index (χ4v) is 5.88. The lowest BCUT2D eigenvalue weighted by Crippen LogP contribution is -2.50. The molecule has 2 aromatic carbocycles. The van der Waals surface area contributed by atoms with E-state index >= 15 is 0 Å². The Hall–Kier alpha value is -3.10. The van der Waals surface area contributed by atoms with E-state index in [9.17, 15) is 9.59 Å². The van der Waals surface area contributed by atoms with Crippen molar-refractivity contribution in [1.82, 2.24) is 9.88 Å². The van der Waals surface area contributed by atoms with Crippen LogP contribution in [0.4, 0.5) is 10.8 Å². The SMILES string of the molecule is COc1cccc(N2CCN(C(=O)C3CCCc4sc(NC(=O)c5ccc(Cl)cc5)nc43)CC2)c1. The van der Waals surface area contributed by atoms with E-state index in [0.717, 1.165) is 54.4 Å². The predicted molar refractivity (Wildman–Crippen MR) is 139 cm³/mol. The molecule has 3 aromatic rings. The number of rotatable bonds is 5. The molecule has 1 aromatic heterocycles. The van der Waals surface area contributed by atoms with Crippen LogP contribution in [0.2, 0.25) is 5.02 Å². The van der Waals surface area contributed by atoms with E-state index in [1.54, 1.807) is 31.4 Å². The van der Waals surface area contributed by atoms with Crippen molar-refractivity contribution in [3.8, 4) is 5.75 Å². The topological polar surface area (TPSA) is 74.8 Å². The molecule has 1 saturated heterocycles. The molecule has 2 heterocycles. The minimum atomic E-state index is -0.250. The van der Waals surface area contributed by atoms with Gasteiger partial charge in [-0.2, -0.15) is 0 Å². The molecule has 9 heteroatoms. The largest absolute Gasteiger partial charge is 0.497 e. The summed E-state index contributed by atoms with van der Waals surface area (Å²) in [4.78, 5) is 36.1. The van der Waals surface area contributed by atoms with E-state index in [1.807, 2.05) is 23.1 Å². The molecule has 182 valence electrons. The lowest BCUT2D eigenvalue weighted by molar-refractivity contribution is -0.133. The van der Waals surface area contributed by atoms with Crippen molar-refractivity contribution in [1.29, 1.82) is 0 Å². The second kappa shape index (κ2) is 10.3. The second-order valence-electron chi connectivity index (χ2n) is 8.75. The zero-order valence-corrected chi connectivity index (χ0v) is 21.1. The molecule has 1 fully saturated rings. The van der Waals surface area contributed by atoms with Crippen LogP contribution >= 0.6 is 22.9 Å². The fourth-order valence-electron chi connectivity index (χ4n) is 4.70. The Morgan fingerprint density at radius 3 is 2.63 bits per heavy atom. The first-order valence-electron chi connectivity index (χ1n) is 11.8. The minimum absolute atomic E-state index is 0.136. The van der Waals surface area contributed by atoms with Crippen LogP contribution in [0, 0.1) is 0 Å². The van der Waals surface area contributed by atoms with Crippen molar-refractivity contribution in [3.63, 3.8) is 0 Å². The van der Waals surface area contributed by atoms with Crippen LogP contribution in [0.25, 0.3) is 0 Å². The first kappa shape index (κ1) is 23.6. The average molecular weight is 511 g/mol. The van der Waals surface area contributed by atoms with Crippen LogP contribution in [0.3, 0.4) is 0 Å². The standard InChI is InChI=1S/C26H27ClN4O3S/c1-34-20-5-2-4-19(16-20)30-12-14-31(15-13-30)25(33)21-6-3-7-22-23(21)28-26(35-22)29-24(32)17-8-10-18(27)11-9-17/h2,4-5,8-11,16,21H,3,6-7,12-15H2,1H3,(H,28,29,32). The molecule has 2 aliphatic rings. The molecule has 0 radical (unpaired) electrons. The van der Waals surface area contributed by atoms with Gasteiger partial charge in [0.05, 0.1) is 18.7 Å². The first-order valence-corrected chi connectivity index (χ1v) is 13.0. The number of hydrogen-bond donors (Lipinski definition) is 1. The van der Waals surface area contributed by atoms with E-state index < -0.39 is 0 Å². The Kier molecular flexibility index (Phi) is 6.92. The van der Waals surface area contributed by atoms with Gasteiger partial charge in [-0.05, 0) is 55.7 Å². The number of nitrogens with zero attached hydrogens (tertiary/aromatic N) is 3. The van der Waals surface area contributed by atoms with Gasteiger partial charge < -0.3 is 14.5 Å². The molecule has 1 unspecified atom stereocenters. The number of nitrogens with one attached hydrogen (secondary N) is 1. The highest BCUT2D eigenvalue weighted by atomic mass is 35.5. The van der Waals surface area contributed by atoms with Crippen molar-refractivity contribution < 1.29 is 14.3 Å². The number of amides is 2. The lowest BCUT2D eigenvalue weighted by atomic mass is 9.89. The number of ether oxygens (including phenoxy) is 1. The van der Waals surface area contributed by atoms with Gasteiger partial charge in [0.25, 0.3) is 5.91 Å². The highest BCUT2D eigenvalue weighted by Gasteiger charge is 2.34. The van der Waals surface area contributed by atoms with E-state index in [2.05, 4.69) is 16.3 Å². The van der Waals surface area contributed by atoms with E-state index in [1.165, 1.54) is 11.3 Å². The molecule has 1 aliphatic carbocycles. The quantitative estimate of drug-likeness (QED) is 0.532. The number of halogens is 1. The maximum Gasteiger partial charge on any atom is 0.257 e. The lowest BCUT2D eigenvalue weighted by Gasteiger charge is -2.38. The van der Waals surface area contributed by atoms with Crippen molar-refractivity contribution in [3.05, 3.63) is 69.7 Å². The Morgan fingerprint density at radius 1 is 1.11 bits per heavy atom. The van der Waals surface area contributed by atoms with Gasteiger partial charge in [0.2, 0.25) is 5.91 Å². The predicted octanol–water partition coefficient (Wildman–Crippen LogP) is 4.83. The number of carbonyl (C=O) groups is 2. The summed E-state index contributed by atoms with van der Waals surface area (Å²) >= 11 is 7.39. The molecule has 1 N–H and O–H groups in total. The highest BCUT2D eigenvalue weighted by Crippen LogP contribution is 2.38. The van der Waals surface area contributed by atoms with Gasteiger partial charge >= 0.3 is 0 Å². The van der Waals surface area contributed by atoms with Gasteiger partial charge in [0.15, 0.2) is 5.13 Å². The van der Waals surface area contributed by atoms with Crippen molar-refractivity contribution in [2.45, 2.75) is 25.2 Å². The van der Waals surface area contributed by atoms with Gasteiger partial charge in [0.1, 0.15) is 5.75 Å². The Labute approximate surface area is 213 Å². The summed E-state index contributed by atoms with van der Waals surface area (Å²) < 4.78 is 5.34. The smallest absolute Gasteiger partial charge is 0.257 e. The number of aryl methyl sites for hydroxylation is 1. The maximum absolute atomic E-state index is 13.5. The molecule has 1 aliphatic heterocycles. The van der Waals surface area contributed by atoms with Crippen molar-refractivity contribution >= 4 is 45.6 Å². The summed E-state index contributed by atoms with van der Waals surface area (Å²) in [5.74, 6) is 0.485. The first-order chi connectivity index (χ1) is 17.0. The second-order valence-corrected chi connectivity index (χ2v) is 10.3. The summed E-state index contributed by atoms with van der Waals surface area (Å²) in [6, 6.07) is 14.8. The Bertz CT molecular complexity index is 1220. The Morgan fingerprint density at radius 2 is 1.89 bits per heavy atom. The summed E-state index contributed by atoms with van der Waals surface area (Å²) in [5, 5.41) is 4.01. The summed E-state index contributed by atoms with van der Waals surface area (Å²) in [5.41, 5.74) is 2.45. The van der Waals surface area contributed by atoms with Gasteiger partial charge in [-0.25, -0.2) is 4.98 Å². The number of hydrogen-bond acceptors (Lipinski definition) is 6. The number of benzene rings is 2. The molecular formula is C26H27ClN4O3S. The molecule has 1 atom stereocenters. The molecule has 35 heavy (non-hydrogen) atoms. The summed E-state index contributed by atoms with van der Waals surface area (Å²) in [6.45, 7) is 2.90. The molecule has 7 nitrogen and oxygen atoms in total. The minimum Gasteiger partial charge on any atom is -0.497 e. The third-order valence-electron chi connectivity index (χ3n) is 6.59. The monoisotopic (exact) mass is 510 g/mol. The molecule has 5 rings (SSSR count).